The van der Waals surface area contributed by atoms with E-state index in [0.717, 1.165) is 0 Å². The Morgan fingerprint density at radius 1 is 1.22 bits per heavy atom. The second kappa shape index (κ2) is 6.70. The van der Waals surface area contributed by atoms with Gasteiger partial charge in [0.05, 0.1) is 12.2 Å². The molecule has 0 spiro atoms. The molecule has 7 heteroatoms. The van der Waals surface area contributed by atoms with Crippen molar-refractivity contribution in [1.29, 1.82) is 0 Å². The highest BCUT2D eigenvalue weighted by Gasteiger charge is 2.29. The first-order chi connectivity index (χ1) is 8.56. The van der Waals surface area contributed by atoms with Crippen molar-refractivity contribution >= 4 is 11.9 Å². The van der Waals surface area contributed by atoms with Gasteiger partial charge in [-0.25, -0.2) is 9.59 Å². The highest BCUT2D eigenvalue weighted by molar-refractivity contribution is 5.88. The van der Waals surface area contributed by atoms with Crippen molar-refractivity contribution in [1.82, 2.24) is 0 Å². The highest BCUT2D eigenvalue weighted by Crippen LogP contribution is 2.05. The van der Waals surface area contributed by atoms with E-state index in [4.69, 9.17) is 15.3 Å². The maximum atomic E-state index is 11.4. The van der Waals surface area contributed by atoms with Crippen LogP contribution in [0.15, 0.2) is 30.3 Å². The van der Waals surface area contributed by atoms with E-state index in [1.807, 2.05) is 0 Å². The number of aliphatic hydroxyl groups is 2. The third kappa shape index (κ3) is 3.81. The van der Waals surface area contributed by atoms with Crippen LogP contribution >= 0.6 is 0 Å². The van der Waals surface area contributed by atoms with Crippen molar-refractivity contribution < 1.29 is 34.7 Å². The molecule has 1 aromatic rings. The summed E-state index contributed by atoms with van der Waals surface area (Å²) in [5, 5.41) is 26.4. The van der Waals surface area contributed by atoms with Crippen molar-refractivity contribution in [3.8, 4) is 0 Å². The lowest BCUT2D eigenvalue weighted by molar-refractivity contribution is -0.290. The van der Waals surface area contributed by atoms with Crippen LogP contribution < -0.4 is 0 Å². The molecule has 0 aromatic heterocycles. The van der Waals surface area contributed by atoms with Gasteiger partial charge in [0.2, 0.25) is 6.10 Å². The minimum Gasteiger partial charge on any atom is -0.479 e. The van der Waals surface area contributed by atoms with Crippen LogP contribution in [0.2, 0.25) is 0 Å². The van der Waals surface area contributed by atoms with E-state index in [0.29, 0.717) is 0 Å². The van der Waals surface area contributed by atoms with Crippen LogP contribution in [0.3, 0.4) is 0 Å². The van der Waals surface area contributed by atoms with Crippen molar-refractivity contribution in [2.24, 2.45) is 0 Å². The van der Waals surface area contributed by atoms with Gasteiger partial charge >= 0.3 is 11.9 Å². The summed E-state index contributed by atoms with van der Waals surface area (Å²) in [5.74, 6) is -2.45. The molecule has 0 radical (unpaired) electrons. The molecule has 0 fully saturated rings. The highest BCUT2D eigenvalue weighted by atomic mass is 17.2. The number of aliphatic hydroxyl groups excluding tert-OH is 2. The fourth-order valence-electron chi connectivity index (χ4n) is 1.08. The number of aliphatic carboxylic acids is 1. The SMILES string of the molecule is O=C(OOC(C(=O)O)C(O)CO)c1ccccc1. The van der Waals surface area contributed by atoms with Gasteiger partial charge in [-0.1, -0.05) is 18.2 Å². The molecule has 7 nitrogen and oxygen atoms in total. The quantitative estimate of drug-likeness (QED) is 0.468. The first kappa shape index (κ1) is 14.1. The summed E-state index contributed by atoms with van der Waals surface area (Å²) >= 11 is 0. The first-order valence-electron chi connectivity index (χ1n) is 5.00. The zero-order valence-electron chi connectivity index (χ0n) is 9.22. The largest absolute Gasteiger partial charge is 0.479 e. The second-order valence-corrected chi connectivity index (χ2v) is 3.34. The van der Waals surface area contributed by atoms with Crippen LogP contribution in [0.1, 0.15) is 10.4 Å². The molecule has 1 rings (SSSR count). The zero-order valence-corrected chi connectivity index (χ0v) is 9.22. The molecule has 0 saturated carbocycles. The van der Waals surface area contributed by atoms with Gasteiger partial charge in [0, 0.05) is 0 Å². The van der Waals surface area contributed by atoms with Gasteiger partial charge in [0.15, 0.2) is 0 Å². The van der Waals surface area contributed by atoms with Crippen LogP contribution in [-0.4, -0.2) is 46.1 Å². The molecule has 0 bridgehead atoms. The fraction of sp³-hybridized carbons (Fsp3) is 0.273. The summed E-state index contributed by atoms with van der Waals surface area (Å²) in [7, 11) is 0. The smallest absolute Gasteiger partial charge is 0.373 e. The van der Waals surface area contributed by atoms with E-state index in [9.17, 15) is 9.59 Å². The van der Waals surface area contributed by atoms with E-state index in [2.05, 4.69) is 9.78 Å². The Hall–Kier alpha value is -1.96. The molecule has 3 N–H and O–H groups in total. The van der Waals surface area contributed by atoms with Gasteiger partial charge < -0.3 is 15.3 Å². The predicted octanol–water partition coefficient (Wildman–Crippen LogP) is -0.419. The van der Waals surface area contributed by atoms with Gasteiger partial charge in [0.1, 0.15) is 6.10 Å². The van der Waals surface area contributed by atoms with E-state index in [1.165, 1.54) is 12.1 Å². The van der Waals surface area contributed by atoms with Gasteiger partial charge in [-0.15, -0.1) is 0 Å². The summed E-state index contributed by atoms with van der Waals surface area (Å²) in [6, 6.07) is 7.77. The Labute approximate surface area is 102 Å². The molecule has 2 unspecified atom stereocenters. The third-order valence-corrected chi connectivity index (χ3v) is 2.02. The Balaban J connectivity index is 2.58. The molecular weight excluding hydrogens is 244 g/mol. The van der Waals surface area contributed by atoms with Crippen molar-refractivity contribution in [2.75, 3.05) is 6.61 Å². The average molecular weight is 256 g/mol. The maximum absolute atomic E-state index is 11.4. The molecule has 0 aliphatic carbocycles. The minimum atomic E-state index is -1.84. The number of rotatable bonds is 6. The predicted molar refractivity (Wildman–Crippen MR) is 57.5 cm³/mol. The van der Waals surface area contributed by atoms with Crippen molar-refractivity contribution in [3.63, 3.8) is 0 Å². The molecular formula is C11H12O7. The number of benzene rings is 1. The Kier molecular flexibility index (Phi) is 5.25. The summed E-state index contributed by atoms with van der Waals surface area (Å²) in [6.07, 6.45) is -3.53. The first-order valence-corrected chi connectivity index (χ1v) is 5.00. The fourth-order valence-corrected chi connectivity index (χ4v) is 1.08. The van der Waals surface area contributed by atoms with E-state index in [1.54, 1.807) is 18.2 Å². The number of carbonyl (C=O) groups is 2. The number of carboxylic acid groups (broad SMARTS) is 1. The van der Waals surface area contributed by atoms with Crippen molar-refractivity contribution in [2.45, 2.75) is 12.2 Å². The van der Waals surface area contributed by atoms with E-state index >= 15 is 0 Å². The lowest BCUT2D eigenvalue weighted by Crippen LogP contribution is -2.39. The molecule has 1 aromatic carbocycles. The van der Waals surface area contributed by atoms with Crippen LogP contribution in [-0.2, 0) is 14.6 Å². The molecule has 0 aliphatic rings. The molecule has 0 heterocycles. The lowest BCUT2D eigenvalue weighted by Gasteiger charge is -2.15. The average Bonchev–Trinajstić information content (AvgIpc) is 2.39. The third-order valence-electron chi connectivity index (χ3n) is 2.02. The normalized spacial score (nSPS) is 13.7. The van der Waals surface area contributed by atoms with Gasteiger partial charge in [-0.05, 0) is 12.1 Å². The van der Waals surface area contributed by atoms with E-state index < -0.39 is 30.8 Å². The summed E-state index contributed by atoms with van der Waals surface area (Å²) in [6.45, 7) is -0.833. The van der Waals surface area contributed by atoms with Crippen LogP contribution in [0.5, 0.6) is 0 Å². The van der Waals surface area contributed by atoms with Crippen molar-refractivity contribution in [3.05, 3.63) is 35.9 Å². The Morgan fingerprint density at radius 2 is 1.83 bits per heavy atom. The van der Waals surface area contributed by atoms with Crippen LogP contribution in [0, 0.1) is 0 Å². The molecule has 0 amide bonds. The number of hydrogen-bond donors (Lipinski definition) is 3. The lowest BCUT2D eigenvalue weighted by atomic mass is 10.2. The van der Waals surface area contributed by atoms with Crippen LogP contribution in [0.25, 0.3) is 0 Å². The number of carbonyl (C=O) groups excluding carboxylic acids is 1. The molecule has 18 heavy (non-hydrogen) atoms. The number of hydrogen-bond acceptors (Lipinski definition) is 6. The standard InChI is InChI=1S/C11H12O7/c12-6-8(13)9(10(14)15)17-18-11(16)7-4-2-1-3-5-7/h1-5,8-9,12-13H,6H2,(H,14,15). The Morgan fingerprint density at radius 3 is 2.33 bits per heavy atom. The van der Waals surface area contributed by atoms with Gasteiger partial charge in [0.25, 0.3) is 0 Å². The van der Waals surface area contributed by atoms with Gasteiger partial charge in [-0.2, -0.15) is 4.89 Å². The second-order valence-electron chi connectivity index (χ2n) is 3.34. The zero-order chi connectivity index (χ0) is 13.5. The summed E-state index contributed by atoms with van der Waals surface area (Å²) in [4.78, 5) is 30.7. The number of carboxylic acids is 1. The Bertz CT molecular complexity index is 403. The molecule has 0 aliphatic heterocycles. The maximum Gasteiger partial charge on any atom is 0.373 e. The molecule has 2 atom stereocenters. The molecule has 0 saturated heterocycles. The summed E-state index contributed by atoms with van der Waals surface area (Å²) < 4.78 is 0. The topological polar surface area (TPSA) is 113 Å². The minimum absolute atomic E-state index is 0.167. The summed E-state index contributed by atoms with van der Waals surface area (Å²) in [5.41, 5.74) is 0.167. The van der Waals surface area contributed by atoms with E-state index in [-0.39, 0.29) is 5.56 Å². The van der Waals surface area contributed by atoms with Gasteiger partial charge in [-0.3, -0.25) is 4.89 Å². The van der Waals surface area contributed by atoms with Crippen LogP contribution in [0.4, 0.5) is 0 Å². The monoisotopic (exact) mass is 256 g/mol. The molecule has 98 valence electrons.